The highest BCUT2D eigenvalue weighted by molar-refractivity contribution is 6.04. The van der Waals surface area contributed by atoms with Gasteiger partial charge in [-0.3, -0.25) is 4.79 Å². The molecule has 8 nitrogen and oxygen atoms in total. The summed E-state index contributed by atoms with van der Waals surface area (Å²) < 4.78 is 36.8. The summed E-state index contributed by atoms with van der Waals surface area (Å²) in [6, 6.07) is 10.0. The lowest BCUT2D eigenvalue weighted by Crippen LogP contribution is -2.12. The Balaban J connectivity index is 1.53. The van der Waals surface area contributed by atoms with Gasteiger partial charge in [0.1, 0.15) is 17.4 Å². The summed E-state index contributed by atoms with van der Waals surface area (Å²) in [4.78, 5) is 20.5. The predicted octanol–water partition coefficient (Wildman–Crippen LogP) is 4.04. The number of carbonyl (C=O) groups excluding carboxylic acids is 1. The molecule has 0 saturated carbocycles. The fourth-order valence-corrected chi connectivity index (χ4v) is 2.76. The maximum Gasteiger partial charge on any atom is 0.262 e. The molecule has 2 aromatic heterocycles. The summed E-state index contributed by atoms with van der Waals surface area (Å²) in [6.45, 7) is 0. The molecule has 31 heavy (non-hydrogen) atoms. The maximum absolute atomic E-state index is 13.3. The topological polar surface area (TPSA) is 110 Å². The van der Waals surface area contributed by atoms with Gasteiger partial charge in [-0.05, 0) is 30.3 Å². The monoisotopic (exact) mass is 424 g/mol. The first-order valence-corrected chi connectivity index (χ1v) is 8.88. The van der Waals surface area contributed by atoms with Crippen LogP contribution in [0.5, 0.6) is 11.6 Å². The predicted molar refractivity (Wildman–Crippen MR) is 105 cm³/mol. The zero-order valence-electron chi connectivity index (χ0n) is 16.0. The zero-order valence-corrected chi connectivity index (χ0v) is 16.0. The van der Waals surface area contributed by atoms with E-state index in [2.05, 4.69) is 20.4 Å². The molecule has 2 aromatic carbocycles. The van der Waals surface area contributed by atoms with Crippen LogP contribution in [-0.4, -0.2) is 33.2 Å². The van der Waals surface area contributed by atoms with E-state index in [0.29, 0.717) is 17.5 Å². The molecule has 0 aliphatic heterocycles. The lowest BCUT2D eigenvalue weighted by atomic mass is 10.1. The Morgan fingerprint density at radius 3 is 2.52 bits per heavy atom. The van der Waals surface area contributed by atoms with Crippen molar-refractivity contribution in [3.05, 3.63) is 71.9 Å². The van der Waals surface area contributed by atoms with Gasteiger partial charge in [0, 0.05) is 41.2 Å². The van der Waals surface area contributed by atoms with Gasteiger partial charge in [0.05, 0.1) is 12.7 Å². The Morgan fingerprint density at radius 1 is 1.10 bits per heavy atom. The summed E-state index contributed by atoms with van der Waals surface area (Å²) >= 11 is 0. The van der Waals surface area contributed by atoms with E-state index < -0.39 is 17.5 Å². The third-order valence-corrected chi connectivity index (χ3v) is 4.24. The van der Waals surface area contributed by atoms with Crippen molar-refractivity contribution >= 4 is 11.6 Å². The van der Waals surface area contributed by atoms with Crippen LogP contribution in [0.15, 0.2) is 59.3 Å². The molecule has 4 aromatic rings. The van der Waals surface area contributed by atoms with Crippen LogP contribution < -0.4 is 10.1 Å². The number of phenolic OH excluding ortho intramolecular Hbond substituents is 1. The second kappa shape index (κ2) is 8.19. The van der Waals surface area contributed by atoms with E-state index in [-0.39, 0.29) is 34.3 Å². The Kier molecular flexibility index (Phi) is 5.27. The highest BCUT2D eigenvalue weighted by Crippen LogP contribution is 2.32. The quantitative estimate of drug-likeness (QED) is 0.497. The first-order valence-electron chi connectivity index (χ1n) is 8.88. The lowest BCUT2D eigenvalue weighted by molar-refractivity contribution is 0.102. The van der Waals surface area contributed by atoms with Gasteiger partial charge in [0.2, 0.25) is 11.7 Å². The SMILES string of the molecule is COc1ccc(-c2noc(-c3ccc(NC(=O)c4cc(F)cc(F)c4)cc3O)n2)cn1. The zero-order chi connectivity index (χ0) is 22.0. The summed E-state index contributed by atoms with van der Waals surface area (Å²) in [6.07, 6.45) is 1.52. The number of ether oxygens (including phenoxy) is 1. The summed E-state index contributed by atoms with van der Waals surface area (Å²) in [5.41, 5.74) is 0.822. The second-order valence-corrected chi connectivity index (χ2v) is 6.36. The van der Waals surface area contributed by atoms with Gasteiger partial charge in [-0.15, -0.1) is 0 Å². The van der Waals surface area contributed by atoms with Crippen LogP contribution in [0.2, 0.25) is 0 Å². The normalized spacial score (nSPS) is 10.7. The number of nitrogens with one attached hydrogen (secondary N) is 1. The smallest absolute Gasteiger partial charge is 0.262 e. The third kappa shape index (κ3) is 4.32. The van der Waals surface area contributed by atoms with Crippen LogP contribution in [0.4, 0.5) is 14.5 Å². The molecule has 0 spiro atoms. The van der Waals surface area contributed by atoms with Crippen molar-refractivity contribution in [2.45, 2.75) is 0 Å². The number of methoxy groups -OCH3 is 1. The molecule has 0 unspecified atom stereocenters. The van der Waals surface area contributed by atoms with Crippen LogP contribution in [0.3, 0.4) is 0 Å². The van der Waals surface area contributed by atoms with Crippen LogP contribution >= 0.6 is 0 Å². The number of nitrogens with zero attached hydrogens (tertiary/aromatic N) is 3. The minimum atomic E-state index is -0.873. The molecule has 4 rings (SSSR count). The van der Waals surface area contributed by atoms with Gasteiger partial charge in [-0.1, -0.05) is 5.16 Å². The highest BCUT2D eigenvalue weighted by Gasteiger charge is 2.16. The Labute approximate surface area is 174 Å². The number of hydrogen-bond donors (Lipinski definition) is 2. The van der Waals surface area contributed by atoms with Gasteiger partial charge in [0.15, 0.2) is 0 Å². The van der Waals surface area contributed by atoms with Gasteiger partial charge in [0.25, 0.3) is 11.8 Å². The molecular formula is C21H14F2N4O4. The third-order valence-electron chi connectivity index (χ3n) is 4.24. The first-order chi connectivity index (χ1) is 14.9. The number of pyridine rings is 1. The van der Waals surface area contributed by atoms with Crippen molar-refractivity contribution in [2.75, 3.05) is 12.4 Å². The molecule has 156 valence electrons. The summed E-state index contributed by atoms with van der Waals surface area (Å²) in [5, 5.41) is 16.7. The number of amides is 1. The van der Waals surface area contributed by atoms with Crippen molar-refractivity contribution < 1.29 is 27.9 Å². The fourth-order valence-electron chi connectivity index (χ4n) is 2.76. The minimum Gasteiger partial charge on any atom is -0.507 e. The Morgan fingerprint density at radius 2 is 1.87 bits per heavy atom. The van der Waals surface area contributed by atoms with E-state index in [1.54, 1.807) is 12.1 Å². The molecule has 0 atom stereocenters. The number of aromatic nitrogens is 3. The second-order valence-electron chi connectivity index (χ2n) is 6.36. The van der Waals surface area contributed by atoms with Crippen molar-refractivity contribution in [2.24, 2.45) is 0 Å². The molecular weight excluding hydrogens is 410 g/mol. The molecule has 0 fully saturated rings. The van der Waals surface area contributed by atoms with E-state index >= 15 is 0 Å². The average Bonchev–Trinajstić information content (AvgIpc) is 3.23. The fraction of sp³-hybridized carbons (Fsp3) is 0.0476. The number of phenols is 1. The number of carbonyl (C=O) groups is 1. The van der Waals surface area contributed by atoms with Gasteiger partial charge in [-0.25, -0.2) is 13.8 Å². The van der Waals surface area contributed by atoms with E-state index in [1.165, 1.54) is 31.5 Å². The number of benzene rings is 2. The molecule has 0 radical (unpaired) electrons. The number of anilines is 1. The van der Waals surface area contributed by atoms with Crippen LogP contribution in [-0.2, 0) is 0 Å². The van der Waals surface area contributed by atoms with Crippen molar-refractivity contribution in [1.29, 1.82) is 0 Å². The van der Waals surface area contributed by atoms with Crippen LogP contribution in [0.25, 0.3) is 22.8 Å². The average molecular weight is 424 g/mol. The van der Waals surface area contributed by atoms with Crippen molar-refractivity contribution in [1.82, 2.24) is 15.1 Å². The summed E-state index contributed by atoms with van der Waals surface area (Å²) in [7, 11) is 1.50. The molecule has 1 amide bonds. The van der Waals surface area contributed by atoms with Crippen molar-refractivity contribution in [3.8, 4) is 34.5 Å². The molecule has 0 saturated heterocycles. The van der Waals surface area contributed by atoms with Gasteiger partial charge >= 0.3 is 0 Å². The van der Waals surface area contributed by atoms with E-state index in [0.717, 1.165) is 12.1 Å². The van der Waals surface area contributed by atoms with Crippen LogP contribution in [0.1, 0.15) is 10.4 Å². The molecule has 0 bridgehead atoms. The van der Waals surface area contributed by atoms with E-state index in [4.69, 9.17) is 9.26 Å². The Bertz CT molecular complexity index is 1240. The number of hydrogen-bond acceptors (Lipinski definition) is 7. The number of aromatic hydroxyl groups is 1. The number of halogens is 2. The number of rotatable bonds is 5. The molecule has 2 N–H and O–H groups in total. The molecule has 0 aliphatic rings. The van der Waals surface area contributed by atoms with Crippen LogP contribution in [0, 0.1) is 11.6 Å². The molecule has 2 heterocycles. The maximum atomic E-state index is 13.3. The molecule has 10 heteroatoms. The van der Waals surface area contributed by atoms with Gasteiger partial charge < -0.3 is 19.7 Å². The van der Waals surface area contributed by atoms with E-state index in [1.807, 2.05) is 0 Å². The minimum absolute atomic E-state index is 0.0494. The largest absolute Gasteiger partial charge is 0.507 e. The van der Waals surface area contributed by atoms with E-state index in [9.17, 15) is 18.7 Å². The first kappa shape index (κ1) is 20.0. The standard InChI is InChI=1S/C21H14F2N4O4/c1-30-18-5-2-11(10-24-18)19-26-21(31-27-19)16-4-3-15(9-17(16)28)25-20(29)12-6-13(22)8-14(23)7-12/h2-10,28H,1H3,(H,25,29). The molecule has 0 aliphatic carbocycles. The summed E-state index contributed by atoms with van der Waals surface area (Å²) in [5.74, 6) is -1.98. The Hall–Kier alpha value is -4.34. The van der Waals surface area contributed by atoms with Gasteiger partial charge in [-0.2, -0.15) is 4.98 Å². The van der Waals surface area contributed by atoms with Crippen molar-refractivity contribution in [3.63, 3.8) is 0 Å². The highest BCUT2D eigenvalue weighted by atomic mass is 19.1. The lowest BCUT2D eigenvalue weighted by Gasteiger charge is -2.07.